The minimum atomic E-state index is -1.31. The van der Waals surface area contributed by atoms with Crippen LogP contribution < -0.4 is 20.1 Å². The first kappa shape index (κ1) is 18.5. The lowest BCUT2D eigenvalue weighted by Gasteiger charge is -2.23. The molecule has 142 valence electrons. The van der Waals surface area contributed by atoms with Gasteiger partial charge in [0.05, 0.1) is 25.7 Å². The Bertz CT molecular complexity index is 818. The molecule has 2 heterocycles. The van der Waals surface area contributed by atoms with Gasteiger partial charge in [-0.25, -0.2) is 4.79 Å². The maximum absolute atomic E-state index is 12.9. The molecular weight excluding hydrogens is 352 g/mol. The number of nitrogens with zero attached hydrogens (tertiary/aromatic N) is 2. The van der Waals surface area contributed by atoms with Crippen LogP contribution in [0.4, 0.5) is 4.79 Å². The van der Waals surface area contributed by atoms with Crippen molar-refractivity contribution in [1.29, 1.82) is 5.26 Å². The lowest BCUT2D eigenvalue weighted by Crippen LogP contribution is -2.43. The van der Waals surface area contributed by atoms with Crippen molar-refractivity contribution in [2.75, 3.05) is 26.3 Å². The fraction of sp³-hybridized carbons (Fsp3) is 0.444. The summed E-state index contributed by atoms with van der Waals surface area (Å²) in [5.74, 6) is 0.0698. The monoisotopic (exact) mass is 372 g/mol. The molecule has 2 aliphatic heterocycles. The van der Waals surface area contributed by atoms with E-state index in [1.165, 1.54) is 0 Å². The number of nitrogens with one attached hydrogen (secondary N) is 2. The van der Waals surface area contributed by atoms with E-state index in [2.05, 4.69) is 10.6 Å². The van der Waals surface area contributed by atoms with E-state index in [0.29, 0.717) is 30.3 Å². The molecule has 1 unspecified atom stereocenters. The normalized spacial score (nSPS) is 21.3. The molecule has 1 saturated heterocycles. The molecule has 0 saturated carbocycles. The summed E-state index contributed by atoms with van der Waals surface area (Å²) in [6, 6.07) is 6.33. The van der Waals surface area contributed by atoms with Crippen LogP contribution in [0.5, 0.6) is 11.5 Å². The molecule has 0 bridgehead atoms. The summed E-state index contributed by atoms with van der Waals surface area (Å²) in [5, 5.41) is 13.6. The predicted octanol–water partition coefficient (Wildman–Crippen LogP) is 0.645. The van der Waals surface area contributed by atoms with Crippen molar-refractivity contribution in [2.24, 2.45) is 0 Å². The van der Waals surface area contributed by atoms with Crippen LogP contribution >= 0.6 is 0 Å². The molecule has 0 aromatic heterocycles. The summed E-state index contributed by atoms with van der Waals surface area (Å²) in [6.07, 6.45) is 0.909. The van der Waals surface area contributed by atoms with Gasteiger partial charge in [-0.2, -0.15) is 5.26 Å². The first-order valence-electron chi connectivity index (χ1n) is 8.63. The van der Waals surface area contributed by atoms with Gasteiger partial charge in [0.15, 0.2) is 11.5 Å². The Hall–Kier alpha value is -3.28. The highest BCUT2D eigenvalue weighted by Crippen LogP contribution is 2.36. The molecule has 4 amide bonds. The maximum atomic E-state index is 12.9. The van der Waals surface area contributed by atoms with Crippen molar-refractivity contribution >= 4 is 17.8 Å². The Balaban J connectivity index is 1.77. The highest BCUT2D eigenvalue weighted by atomic mass is 16.5. The van der Waals surface area contributed by atoms with E-state index in [1.54, 1.807) is 25.1 Å². The third-order valence-electron chi connectivity index (χ3n) is 4.46. The van der Waals surface area contributed by atoms with Crippen LogP contribution in [0.2, 0.25) is 0 Å². The van der Waals surface area contributed by atoms with Crippen molar-refractivity contribution in [1.82, 2.24) is 15.5 Å². The van der Waals surface area contributed by atoms with Gasteiger partial charge in [-0.1, -0.05) is 6.07 Å². The zero-order chi connectivity index (χ0) is 19.4. The second kappa shape index (κ2) is 7.53. The smallest absolute Gasteiger partial charge is 0.325 e. The predicted molar refractivity (Wildman–Crippen MR) is 92.9 cm³/mol. The second-order valence-electron chi connectivity index (χ2n) is 6.42. The van der Waals surface area contributed by atoms with Crippen LogP contribution in [0, 0.1) is 11.3 Å². The maximum Gasteiger partial charge on any atom is 0.325 e. The Kier molecular flexibility index (Phi) is 5.16. The van der Waals surface area contributed by atoms with E-state index >= 15 is 0 Å². The summed E-state index contributed by atoms with van der Waals surface area (Å²) < 4.78 is 11.2. The van der Waals surface area contributed by atoms with Gasteiger partial charge in [-0.3, -0.25) is 14.5 Å². The average Bonchev–Trinajstić information content (AvgIpc) is 2.83. The van der Waals surface area contributed by atoms with Gasteiger partial charge in [0.25, 0.3) is 5.91 Å². The topological polar surface area (TPSA) is 121 Å². The summed E-state index contributed by atoms with van der Waals surface area (Å²) in [7, 11) is 0. The molecule has 3 rings (SSSR count). The van der Waals surface area contributed by atoms with Gasteiger partial charge in [-0.15, -0.1) is 0 Å². The van der Waals surface area contributed by atoms with Crippen molar-refractivity contribution in [3.63, 3.8) is 0 Å². The Morgan fingerprint density at radius 3 is 2.81 bits per heavy atom. The van der Waals surface area contributed by atoms with E-state index in [1.807, 2.05) is 6.07 Å². The van der Waals surface area contributed by atoms with Gasteiger partial charge in [0, 0.05) is 13.0 Å². The zero-order valence-corrected chi connectivity index (χ0v) is 14.9. The number of urea groups is 1. The number of rotatable bonds is 5. The van der Waals surface area contributed by atoms with Gasteiger partial charge in [0.1, 0.15) is 12.1 Å². The molecule has 0 radical (unpaired) electrons. The number of nitriles is 1. The number of benzene rings is 1. The number of hydrogen-bond acceptors (Lipinski definition) is 6. The van der Waals surface area contributed by atoms with Crippen LogP contribution in [-0.2, 0) is 15.1 Å². The van der Waals surface area contributed by atoms with Gasteiger partial charge in [-0.05, 0) is 24.6 Å². The van der Waals surface area contributed by atoms with Gasteiger partial charge in [0.2, 0.25) is 5.91 Å². The van der Waals surface area contributed by atoms with Crippen molar-refractivity contribution in [3.05, 3.63) is 23.8 Å². The molecule has 0 spiro atoms. The molecule has 9 heteroatoms. The Morgan fingerprint density at radius 1 is 1.33 bits per heavy atom. The molecule has 2 aliphatic rings. The highest BCUT2D eigenvalue weighted by molar-refractivity contribution is 6.09. The van der Waals surface area contributed by atoms with E-state index in [9.17, 15) is 14.4 Å². The number of carbonyl (C=O) groups is 3. The molecule has 1 aromatic carbocycles. The van der Waals surface area contributed by atoms with Crippen molar-refractivity contribution in [3.8, 4) is 17.6 Å². The van der Waals surface area contributed by atoms with Gasteiger partial charge < -0.3 is 20.1 Å². The van der Waals surface area contributed by atoms with Crippen LogP contribution in [0.3, 0.4) is 0 Å². The summed E-state index contributed by atoms with van der Waals surface area (Å²) in [6.45, 7) is 2.39. The van der Waals surface area contributed by atoms with Crippen LogP contribution in [0.15, 0.2) is 18.2 Å². The summed E-state index contributed by atoms with van der Waals surface area (Å²) in [4.78, 5) is 37.9. The third-order valence-corrected chi connectivity index (χ3v) is 4.46. The first-order chi connectivity index (χ1) is 13.0. The number of hydrogen-bond donors (Lipinski definition) is 2. The van der Waals surface area contributed by atoms with E-state index in [4.69, 9.17) is 14.7 Å². The molecule has 2 N–H and O–H groups in total. The zero-order valence-electron chi connectivity index (χ0n) is 14.9. The quantitative estimate of drug-likeness (QED) is 0.578. The lowest BCUT2D eigenvalue weighted by molar-refractivity contribution is -0.134. The Morgan fingerprint density at radius 2 is 2.07 bits per heavy atom. The fourth-order valence-electron chi connectivity index (χ4n) is 2.97. The summed E-state index contributed by atoms with van der Waals surface area (Å²) >= 11 is 0. The highest BCUT2D eigenvalue weighted by Gasteiger charge is 2.49. The number of amides is 4. The summed E-state index contributed by atoms with van der Waals surface area (Å²) in [5.41, 5.74) is -0.771. The SMILES string of the molecule is CC1(c2ccc3c(c2)OCCCO3)NC(=O)N(CC(=O)NCCC#N)C1=O. The Labute approximate surface area is 156 Å². The number of fused-ring (bicyclic) bond motifs is 1. The van der Waals surface area contributed by atoms with Crippen LogP contribution in [-0.4, -0.2) is 49.0 Å². The standard InChI is InChI=1S/C18H20N4O5/c1-18(12-4-5-13-14(10-12)27-9-3-8-26-13)16(24)22(17(25)21-18)11-15(23)20-7-2-6-19/h4-5,10H,2-3,7-9,11H2,1H3,(H,20,23)(H,21,25). The van der Waals surface area contributed by atoms with E-state index in [0.717, 1.165) is 11.3 Å². The van der Waals surface area contributed by atoms with Gasteiger partial charge >= 0.3 is 6.03 Å². The number of carbonyl (C=O) groups excluding carboxylic acids is 3. The minimum Gasteiger partial charge on any atom is -0.490 e. The van der Waals surface area contributed by atoms with Crippen molar-refractivity contribution in [2.45, 2.75) is 25.3 Å². The molecule has 1 aromatic rings. The van der Waals surface area contributed by atoms with Crippen LogP contribution in [0.25, 0.3) is 0 Å². The molecular formula is C18H20N4O5. The molecule has 27 heavy (non-hydrogen) atoms. The van der Waals surface area contributed by atoms with Crippen LogP contribution in [0.1, 0.15) is 25.3 Å². The fourth-order valence-corrected chi connectivity index (χ4v) is 2.97. The van der Waals surface area contributed by atoms with E-state index < -0.39 is 29.9 Å². The molecule has 9 nitrogen and oxygen atoms in total. The number of imide groups is 1. The average molecular weight is 372 g/mol. The second-order valence-corrected chi connectivity index (χ2v) is 6.42. The molecule has 0 aliphatic carbocycles. The number of ether oxygens (including phenoxy) is 2. The van der Waals surface area contributed by atoms with E-state index in [-0.39, 0.29) is 13.0 Å². The molecule has 1 atom stereocenters. The first-order valence-corrected chi connectivity index (χ1v) is 8.63. The van der Waals surface area contributed by atoms with Crippen molar-refractivity contribution < 1.29 is 23.9 Å². The lowest BCUT2D eigenvalue weighted by atomic mass is 9.91. The third kappa shape index (κ3) is 3.65. The largest absolute Gasteiger partial charge is 0.490 e. The minimum absolute atomic E-state index is 0.154. The molecule has 1 fully saturated rings.